The number of rotatable bonds is 6. The molecule has 0 atom stereocenters. The van der Waals surface area contributed by atoms with E-state index in [1.54, 1.807) is 41.0 Å². The van der Waals surface area contributed by atoms with Crippen LogP contribution in [-0.2, 0) is 16.6 Å². The van der Waals surface area contributed by atoms with Gasteiger partial charge in [-0.3, -0.25) is 14.1 Å². The number of nitrogens with one attached hydrogen (secondary N) is 1. The molecular weight excluding hydrogens is 360 g/mol. The number of methoxy groups -OCH3 is 1. The highest BCUT2D eigenvalue weighted by Crippen LogP contribution is 2.24. The molecule has 3 aromatic rings. The van der Waals surface area contributed by atoms with Crippen LogP contribution in [0.4, 0.5) is 5.69 Å². The van der Waals surface area contributed by atoms with E-state index in [9.17, 15) is 13.2 Å². The van der Waals surface area contributed by atoms with Gasteiger partial charge >= 0.3 is 4.87 Å². The van der Waals surface area contributed by atoms with Crippen LogP contribution in [0.25, 0.3) is 10.2 Å². The van der Waals surface area contributed by atoms with E-state index in [1.807, 2.05) is 0 Å². The molecule has 0 saturated heterocycles. The molecule has 1 heterocycles. The molecule has 2 aromatic carbocycles. The normalized spacial score (nSPS) is 11.4. The van der Waals surface area contributed by atoms with E-state index in [4.69, 9.17) is 4.74 Å². The van der Waals surface area contributed by atoms with Gasteiger partial charge in [0.1, 0.15) is 5.75 Å². The van der Waals surface area contributed by atoms with Crippen molar-refractivity contribution in [2.24, 2.45) is 0 Å². The van der Waals surface area contributed by atoms with Crippen LogP contribution in [0.3, 0.4) is 0 Å². The average Bonchev–Trinajstić information content (AvgIpc) is 2.90. The van der Waals surface area contributed by atoms with Gasteiger partial charge in [0.2, 0.25) is 0 Å². The van der Waals surface area contributed by atoms with Crippen molar-refractivity contribution in [3.63, 3.8) is 0 Å². The van der Waals surface area contributed by atoms with Crippen molar-refractivity contribution >= 4 is 37.3 Å². The fourth-order valence-corrected chi connectivity index (χ4v) is 4.39. The highest BCUT2D eigenvalue weighted by atomic mass is 32.2. The van der Waals surface area contributed by atoms with E-state index < -0.39 is 10.0 Å². The van der Waals surface area contributed by atoms with Gasteiger partial charge in [0.05, 0.1) is 27.9 Å². The largest absolute Gasteiger partial charge is 0.497 e. The molecule has 3 rings (SSSR count). The van der Waals surface area contributed by atoms with Gasteiger partial charge in [0, 0.05) is 6.54 Å². The number of anilines is 1. The first-order valence-electron chi connectivity index (χ1n) is 7.36. The van der Waals surface area contributed by atoms with Gasteiger partial charge in [-0.05, 0) is 42.5 Å². The standard InChI is InChI=1S/C17H16N2O4S2/c1-3-10-19-15-9-4-12(11-16(15)24-17(19)20)18-25(21,22)14-7-5-13(23-2)6-8-14/h3-9,11,18H,1,10H2,2H3. The third-order valence-electron chi connectivity index (χ3n) is 3.60. The van der Waals surface area contributed by atoms with Gasteiger partial charge in [0.15, 0.2) is 0 Å². The maximum Gasteiger partial charge on any atom is 0.308 e. The first-order chi connectivity index (χ1) is 11.9. The summed E-state index contributed by atoms with van der Waals surface area (Å²) in [4.78, 5) is 12.0. The summed E-state index contributed by atoms with van der Waals surface area (Å²) in [5.41, 5.74) is 1.15. The predicted octanol–water partition coefficient (Wildman–Crippen LogP) is 3.06. The number of nitrogens with zero attached hydrogens (tertiary/aromatic N) is 1. The van der Waals surface area contributed by atoms with Crippen LogP contribution < -0.4 is 14.3 Å². The minimum atomic E-state index is -3.72. The van der Waals surface area contributed by atoms with Gasteiger partial charge in [-0.15, -0.1) is 6.58 Å². The predicted molar refractivity (Wildman–Crippen MR) is 100 cm³/mol. The van der Waals surface area contributed by atoms with Gasteiger partial charge in [-0.2, -0.15) is 0 Å². The SMILES string of the molecule is C=CCn1c(=O)sc2cc(NS(=O)(=O)c3ccc(OC)cc3)ccc21. The summed E-state index contributed by atoms with van der Waals surface area (Å²) in [6, 6.07) is 11.1. The summed E-state index contributed by atoms with van der Waals surface area (Å²) in [6.45, 7) is 4.05. The van der Waals surface area contributed by atoms with Crippen molar-refractivity contribution in [3.05, 3.63) is 64.8 Å². The molecule has 0 fully saturated rings. The second-order valence-electron chi connectivity index (χ2n) is 5.23. The van der Waals surface area contributed by atoms with E-state index in [0.717, 1.165) is 16.9 Å². The number of thiazole rings is 1. The third kappa shape index (κ3) is 3.45. The Balaban J connectivity index is 1.93. The molecule has 1 N–H and O–H groups in total. The zero-order valence-electron chi connectivity index (χ0n) is 13.4. The van der Waals surface area contributed by atoms with E-state index in [-0.39, 0.29) is 9.77 Å². The summed E-state index contributed by atoms with van der Waals surface area (Å²) in [5.74, 6) is 0.578. The fraction of sp³-hybridized carbons (Fsp3) is 0.118. The number of sulfonamides is 1. The van der Waals surface area contributed by atoms with Crippen LogP contribution in [0, 0.1) is 0 Å². The smallest absolute Gasteiger partial charge is 0.308 e. The molecule has 0 bridgehead atoms. The fourth-order valence-electron chi connectivity index (χ4n) is 2.40. The van der Waals surface area contributed by atoms with Crippen LogP contribution in [0.1, 0.15) is 0 Å². The zero-order valence-corrected chi connectivity index (χ0v) is 15.1. The number of hydrogen-bond donors (Lipinski definition) is 1. The Labute approximate surface area is 149 Å². The number of ether oxygens (including phenoxy) is 1. The molecule has 6 nitrogen and oxygen atoms in total. The van der Waals surface area contributed by atoms with Crippen molar-refractivity contribution in [2.75, 3.05) is 11.8 Å². The number of fused-ring (bicyclic) bond motifs is 1. The molecule has 0 radical (unpaired) electrons. The molecule has 0 amide bonds. The molecule has 0 aliphatic heterocycles. The van der Waals surface area contributed by atoms with Crippen molar-refractivity contribution in [1.82, 2.24) is 4.57 Å². The third-order valence-corrected chi connectivity index (χ3v) is 5.94. The topological polar surface area (TPSA) is 77.4 Å². The Hall–Kier alpha value is -2.58. The summed E-state index contributed by atoms with van der Waals surface area (Å²) in [6.07, 6.45) is 1.65. The number of aromatic nitrogens is 1. The number of allylic oxidation sites excluding steroid dienone is 1. The zero-order chi connectivity index (χ0) is 18.0. The Morgan fingerprint density at radius 1 is 1.24 bits per heavy atom. The van der Waals surface area contributed by atoms with Crippen LogP contribution >= 0.6 is 11.3 Å². The van der Waals surface area contributed by atoms with E-state index in [0.29, 0.717) is 22.7 Å². The Bertz CT molecular complexity index is 1080. The lowest BCUT2D eigenvalue weighted by Gasteiger charge is -2.09. The second kappa shape index (κ2) is 6.73. The van der Waals surface area contributed by atoms with Crippen LogP contribution in [-0.4, -0.2) is 20.1 Å². The lowest BCUT2D eigenvalue weighted by molar-refractivity contribution is 0.414. The van der Waals surface area contributed by atoms with Gasteiger partial charge in [0.25, 0.3) is 10.0 Å². The summed E-state index contributed by atoms with van der Waals surface area (Å²) < 4.78 is 34.8. The Morgan fingerprint density at radius 2 is 1.96 bits per heavy atom. The van der Waals surface area contributed by atoms with Crippen molar-refractivity contribution < 1.29 is 13.2 Å². The molecule has 0 aliphatic carbocycles. The van der Waals surface area contributed by atoms with Crippen molar-refractivity contribution in [3.8, 4) is 5.75 Å². The second-order valence-corrected chi connectivity index (χ2v) is 7.91. The van der Waals surface area contributed by atoms with Gasteiger partial charge < -0.3 is 4.74 Å². The van der Waals surface area contributed by atoms with E-state index in [1.165, 1.54) is 19.2 Å². The monoisotopic (exact) mass is 376 g/mol. The molecule has 1 aromatic heterocycles. The summed E-state index contributed by atoms with van der Waals surface area (Å²) >= 11 is 1.07. The molecule has 0 unspecified atom stereocenters. The lowest BCUT2D eigenvalue weighted by atomic mass is 10.3. The first kappa shape index (κ1) is 17.2. The van der Waals surface area contributed by atoms with E-state index in [2.05, 4.69) is 11.3 Å². The highest BCUT2D eigenvalue weighted by Gasteiger charge is 2.15. The molecule has 0 spiro atoms. The molecule has 0 aliphatic rings. The molecule has 25 heavy (non-hydrogen) atoms. The quantitative estimate of drug-likeness (QED) is 0.671. The minimum Gasteiger partial charge on any atom is -0.497 e. The maximum absolute atomic E-state index is 12.5. The van der Waals surface area contributed by atoms with Gasteiger partial charge in [-0.25, -0.2) is 8.42 Å². The Morgan fingerprint density at radius 3 is 2.60 bits per heavy atom. The molecule has 0 saturated carbocycles. The maximum atomic E-state index is 12.5. The first-order valence-corrected chi connectivity index (χ1v) is 9.66. The lowest BCUT2D eigenvalue weighted by Crippen LogP contribution is -2.13. The van der Waals surface area contributed by atoms with Crippen LogP contribution in [0.2, 0.25) is 0 Å². The Kier molecular flexibility index (Phi) is 4.65. The average molecular weight is 376 g/mol. The minimum absolute atomic E-state index is 0.106. The number of benzene rings is 2. The van der Waals surface area contributed by atoms with Crippen molar-refractivity contribution in [1.29, 1.82) is 0 Å². The molecular formula is C17H16N2O4S2. The van der Waals surface area contributed by atoms with Crippen molar-refractivity contribution in [2.45, 2.75) is 11.4 Å². The highest BCUT2D eigenvalue weighted by molar-refractivity contribution is 7.92. The van der Waals surface area contributed by atoms with Crippen LogP contribution in [0.15, 0.2) is 64.8 Å². The molecule has 130 valence electrons. The summed E-state index contributed by atoms with van der Waals surface area (Å²) in [7, 11) is -2.21. The van der Waals surface area contributed by atoms with E-state index >= 15 is 0 Å². The summed E-state index contributed by atoms with van der Waals surface area (Å²) in [5, 5.41) is 0. The number of hydrogen-bond acceptors (Lipinski definition) is 5. The van der Waals surface area contributed by atoms with Gasteiger partial charge in [-0.1, -0.05) is 17.4 Å². The molecule has 8 heteroatoms. The van der Waals surface area contributed by atoms with Crippen LogP contribution in [0.5, 0.6) is 5.75 Å².